The summed E-state index contributed by atoms with van der Waals surface area (Å²) in [5.74, 6) is 0.0887. The molecule has 0 radical (unpaired) electrons. The molecule has 0 bridgehead atoms. The van der Waals surface area contributed by atoms with Crippen LogP contribution in [0.3, 0.4) is 0 Å². The molecule has 1 heterocycles. The molecule has 1 atom stereocenters. The fourth-order valence-corrected chi connectivity index (χ4v) is 6.20. The van der Waals surface area contributed by atoms with Gasteiger partial charge in [0.25, 0.3) is 0 Å². The van der Waals surface area contributed by atoms with Gasteiger partial charge in [0.15, 0.2) is 0 Å². The number of ether oxygens (including phenoxy) is 1. The predicted octanol–water partition coefficient (Wildman–Crippen LogP) is 4.33. The summed E-state index contributed by atoms with van der Waals surface area (Å²) in [4.78, 5) is 37.3. The molecule has 2 aromatic carbocycles. The van der Waals surface area contributed by atoms with Crippen molar-refractivity contribution < 1.29 is 24.2 Å². The van der Waals surface area contributed by atoms with Gasteiger partial charge in [0.05, 0.1) is 12.0 Å². The van der Waals surface area contributed by atoms with Crippen LogP contribution in [-0.2, 0) is 14.3 Å². The number of hydrogen-bond acceptors (Lipinski definition) is 5. The molecular formula is C27H30N2O5S. The molecule has 1 unspecified atom stereocenters. The molecule has 1 aliphatic heterocycles. The number of aliphatic carboxylic acids is 1. The van der Waals surface area contributed by atoms with Crippen molar-refractivity contribution in [1.82, 2.24) is 10.6 Å². The van der Waals surface area contributed by atoms with Crippen LogP contribution in [-0.4, -0.2) is 52.8 Å². The van der Waals surface area contributed by atoms with Gasteiger partial charge in [-0.2, -0.15) is 11.8 Å². The van der Waals surface area contributed by atoms with Gasteiger partial charge < -0.3 is 20.5 Å². The predicted molar refractivity (Wildman–Crippen MR) is 136 cm³/mol. The molecule has 7 nitrogen and oxygen atoms in total. The van der Waals surface area contributed by atoms with E-state index in [0.717, 1.165) is 33.8 Å². The van der Waals surface area contributed by atoms with Crippen LogP contribution < -0.4 is 10.6 Å². The van der Waals surface area contributed by atoms with Crippen molar-refractivity contribution in [1.29, 1.82) is 0 Å². The number of rotatable bonds is 9. The molecular weight excluding hydrogens is 464 g/mol. The Balaban J connectivity index is 1.41. The number of carbonyl (C=O) groups is 3. The van der Waals surface area contributed by atoms with E-state index in [2.05, 4.69) is 29.3 Å². The van der Waals surface area contributed by atoms with Crippen molar-refractivity contribution in [2.75, 3.05) is 18.1 Å². The van der Waals surface area contributed by atoms with Crippen LogP contribution in [0.4, 0.5) is 4.79 Å². The van der Waals surface area contributed by atoms with E-state index in [0.29, 0.717) is 12.8 Å². The molecule has 8 heteroatoms. The van der Waals surface area contributed by atoms with Crippen LogP contribution in [0, 0.1) is 0 Å². The average molecular weight is 495 g/mol. The summed E-state index contributed by atoms with van der Waals surface area (Å²) in [6, 6.07) is 15.2. The Bertz CT molecular complexity index is 1070. The molecule has 2 aliphatic rings. The van der Waals surface area contributed by atoms with Crippen molar-refractivity contribution in [3.8, 4) is 11.1 Å². The number of hydrogen-bond donors (Lipinski definition) is 3. The normalized spacial score (nSPS) is 16.9. The maximum Gasteiger partial charge on any atom is 0.407 e. The highest BCUT2D eigenvalue weighted by Crippen LogP contribution is 2.44. The number of fused-ring (bicyclic) bond motifs is 3. The lowest BCUT2D eigenvalue weighted by atomic mass is 9.88. The van der Waals surface area contributed by atoms with E-state index in [9.17, 15) is 19.5 Å². The summed E-state index contributed by atoms with van der Waals surface area (Å²) in [6.45, 7) is 3.83. The number of amides is 2. The fourth-order valence-electron chi connectivity index (χ4n) is 4.93. The summed E-state index contributed by atoms with van der Waals surface area (Å²) in [5.41, 5.74) is 3.67. The van der Waals surface area contributed by atoms with Crippen LogP contribution in [0.2, 0.25) is 0 Å². The smallest absolute Gasteiger partial charge is 0.407 e. The number of carbonyl (C=O) groups excluding carboxylic acids is 2. The standard InChI is InChI=1S/C27H30N2O5S/c1-2-7-23(25(32)29-27(16-24(30)31)12-14-35-15-13-27)28-26(33)34-17-22-20-10-5-3-8-18(20)19-9-4-6-11-21(19)22/h2-6,8-11,22-23H,1,7,12-17H2,(H,28,33)(H,29,32)(H,30,31). The maximum absolute atomic E-state index is 13.1. The van der Waals surface area contributed by atoms with Gasteiger partial charge in [-0.1, -0.05) is 54.6 Å². The number of carboxylic acids is 1. The fraction of sp³-hybridized carbons (Fsp3) is 0.370. The lowest BCUT2D eigenvalue weighted by molar-refractivity contribution is -0.139. The van der Waals surface area contributed by atoms with E-state index in [1.807, 2.05) is 36.4 Å². The molecule has 0 saturated carbocycles. The zero-order valence-electron chi connectivity index (χ0n) is 19.5. The first kappa shape index (κ1) is 24.9. The molecule has 3 N–H and O–H groups in total. The summed E-state index contributed by atoms with van der Waals surface area (Å²) in [5, 5.41) is 15.0. The molecule has 0 aromatic heterocycles. The van der Waals surface area contributed by atoms with Crippen molar-refractivity contribution in [3.05, 3.63) is 72.3 Å². The van der Waals surface area contributed by atoms with E-state index in [4.69, 9.17) is 4.74 Å². The number of benzene rings is 2. The first-order chi connectivity index (χ1) is 16.9. The minimum absolute atomic E-state index is 0.0848. The quantitative estimate of drug-likeness (QED) is 0.449. The highest BCUT2D eigenvalue weighted by atomic mass is 32.2. The van der Waals surface area contributed by atoms with E-state index in [1.54, 1.807) is 17.8 Å². The lowest BCUT2D eigenvalue weighted by Gasteiger charge is -2.37. The lowest BCUT2D eigenvalue weighted by Crippen LogP contribution is -2.57. The second-order valence-electron chi connectivity index (χ2n) is 9.00. The minimum Gasteiger partial charge on any atom is -0.481 e. The molecule has 2 amide bonds. The Morgan fingerprint density at radius 2 is 1.69 bits per heavy atom. The highest BCUT2D eigenvalue weighted by Gasteiger charge is 2.38. The third kappa shape index (κ3) is 5.70. The monoisotopic (exact) mass is 494 g/mol. The largest absolute Gasteiger partial charge is 0.481 e. The van der Waals surface area contributed by atoms with Crippen molar-refractivity contribution in [2.24, 2.45) is 0 Å². The first-order valence-electron chi connectivity index (χ1n) is 11.8. The van der Waals surface area contributed by atoms with Gasteiger partial charge in [-0.05, 0) is 53.0 Å². The molecule has 4 rings (SSSR count). The SMILES string of the molecule is C=CCC(NC(=O)OCC1c2ccccc2-c2ccccc21)C(=O)NC1(CC(=O)O)CCSCC1. The van der Waals surface area contributed by atoms with Gasteiger partial charge in [0.2, 0.25) is 5.91 Å². The van der Waals surface area contributed by atoms with E-state index >= 15 is 0 Å². The van der Waals surface area contributed by atoms with Crippen LogP contribution in [0.25, 0.3) is 11.1 Å². The summed E-state index contributed by atoms with van der Waals surface area (Å²) < 4.78 is 5.58. The Hall–Kier alpha value is -3.26. The van der Waals surface area contributed by atoms with Crippen molar-refractivity contribution in [3.63, 3.8) is 0 Å². The van der Waals surface area contributed by atoms with Gasteiger partial charge in [-0.15, -0.1) is 6.58 Å². The Morgan fingerprint density at radius 3 is 2.26 bits per heavy atom. The topological polar surface area (TPSA) is 105 Å². The first-order valence-corrected chi connectivity index (χ1v) is 12.9. The molecule has 1 aliphatic carbocycles. The maximum atomic E-state index is 13.1. The number of nitrogens with one attached hydrogen (secondary N) is 2. The van der Waals surface area contributed by atoms with Gasteiger partial charge in [0.1, 0.15) is 12.6 Å². The van der Waals surface area contributed by atoms with Crippen molar-refractivity contribution in [2.45, 2.75) is 43.2 Å². The Morgan fingerprint density at radius 1 is 1.09 bits per heavy atom. The third-order valence-electron chi connectivity index (χ3n) is 6.68. The number of carboxylic acid groups (broad SMARTS) is 1. The number of alkyl carbamates (subject to hydrolysis) is 1. The molecule has 35 heavy (non-hydrogen) atoms. The van der Waals surface area contributed by atoms with Crippen LogP contribution in [0.1, 0.15) is 42.7 Å². The summed E-state index contributed by atoms with van der Waals surface area (Å²) >= 11 is 1.74. The molecule has 1 fully saturated rings. The molecule has 184 valence electrons. The number of thioether (sulfide) groups is 1. The Labute approximate surface area is 209 Å². The van der Waals surface area contributed by atoms with E-state index in [-0.39, 0.29) is 25.4 Å². The van der Waals surface area contributed by atoms with Gasteiger partial charge in [-0.3, -0.25) is 9.59 Å². The summed E-state index contributed by atoms with van der Waals surface area (Å²) in [7, 11) is 0. The van der Waals surface area contributed by atoms with Gasteiger partial charge in [0, 0.05) is 5.92 Å². The molecule has 0 spiro atoms. The van der Waals surface area contributed by atoms with Gasteiger partial charge in [-0.25, -0.2) is 4.79 Å². The minimum atomic E-state index is -0.957. The second kappa shape index (κ2) is 11.0. The third-order valence-corrected chi connectivity index (χ3v) is 7.67. The Kier molecular flexibility index (Phi) is 7.80. The second-order valence-corrected chi connectivity index (χ2v) is 10.2. The van der Waals surface area contributed by atoms with Crippen LogP contribution in [0.15, 0.2) is 61.2 Å². The van der Waals surface area contributed by atoms with Crippen molar-refractivity contribution >= 4 is 29.7 Å². The highest BCUT2D eigenvalue weighted by molar-refractivity contribution is 7.99. The zero-order chi connectivity index (χ0) is 24.8. The van der Waals surface area contributed by atoms with Crippen LogP contribution >= 0.6 is 11.8 Å². The molecule has 2 aromatic rings. The zero-order valence-corrected chi connectivity index (χ0v) is 20.3. The summed E-state index contributed by atoms with van der Waals surface area (Å²) in [6.07, 6.45) is 2.05. The average Bonchev–Trinajstić information content (AvgIpc) is 3.16. The van der Waals surface area contributed by atoms with E-state index < -0.39 is 29.6 Å². The molecule has 1 saturated heterocycles. The van der Waals surface area contributed by atoms with Crippen LogP contribution in [0.5, 0.6) is 0 Å². The van der Waals surface area contributed by atoms with Gasteiger partial charge >= 0.3 is 12.1 Å². The van der Waals surface area contributed by atoms with E-state index in [1.165, 1.54) is 0 Å².